The number of hydrogen-bond acceptors (Lipinski definition) is 2. The number of phenolic OH excluding ortho intramolecular Hbond substituents is 1. The van der Waals surface area contributed by atoms with Crippen LogP contribution in [0.15, 0.2) is 18.2 Å². The van der Waals surface area contributed by atoms with Crippen LogP contribution < -0.4 is 0 Å². The number of benzene rings is 1. The van der Waals surface area contributed by atoms with Gasteiger partial charge in [0.25, 0.3) is 0 Å². The van der Waals surface area contributed by atoms with Crippen LogP contribution in [0.2, 0.25) is 0 Å². The standard InChI is InChI=1S/C12H14O2/c1-8-3-2-4-10(13)12(8)11(14)7-9-5-6-9/h2-4,9,13H,5-7H2,1H3. The van der Waals surface area contributed by atoms with Gasteiger partial charge < -0.3 is 5.11 Å². The van der Waals surface area contributed by atoms with Crippen molar-refractivity contribution < 1.29 is 9.90 Å². The minimum atomic E-state index is 0.0862. The zero-order valence-corrected chi connectivity index (χ0v) is 8.29. The highest BCUT2D eigenvalue weighted by Gasteiger charge is 2.26. The lowest BCUT2D eigenvalue weighted by Crippen LogP contribution is -2.02. The Balaban J connectivity index is 2.24. The zero-order valence-electron chi connectivity index (χ0n) is 8.29. The average molecular weight is 190 g/mol. The van der Waals surface area contributed by atoms with E-state index < -0.39 is 0 Å². The molecule has 2 heteroatoms. The third-order valence-corrected chi connectivity index (χ3v) is 2.70. The maximum atomic E-state index is 11.8. The molecule has 0 aromatic heterocycles. The second-order valence-electron chi connectivity index (χ2n) is 4.04. The van der Waals surface area contributed by atoms with Gasteiger partial charge in [-0.3, -0.25) is 4.79 Å². The Bertz CT molecular complexity index is 344. The minimum absolute atomic E-state index is 0.0862. The van der Waals surface area contributed by atoms with Gasteiger partial charge in [-0.25, -0.2) is 0 Å². The molecule has 74 valence electrons. The molecular formula is C12H14O2. The van der Waals surface area contributed by atoms with Gasteiger partial charge in [0.15, 0.2) is 5.78 Å². The van der Waals surface area contributed by atoms with Gasteiger partial charge in [0, 0.05) is 6.42 Å². The van der Waals surface area contributed by atoms with Crippen molar-refractivity contribution in [2.75, 3.05) is 0 Å². The summed E-state index contributed by atoms with van der Waals surface area (Å²) in [7, 11) is 0. The summed E-state index contributed by atoms with van der Waals surface area (Å²) in [6.45, 7) is 1.86. The summed E-state index contributed by atoms with van der Waals surface area (Å²) in [5.74, 6) is 0.778. The molecule has 0 heterocycles. The number of phenols is 1. The van der Waals surface area contributed by atoms with Crippen molar-refractivity contribution >= 4 is 5.78 Å². The lowest BCUT2D eigenvalue weighted by atomic mass is 10.00. The molecule has 0 amide bonds. The summed E-state index contributed by atoms with van der Waals surface area (Å²) in [5.41, 5.74) is 1.38. The summed E-state index contributed by atoms with van der Waals surface area (Å²) in [6.07, 6.45) is 2.93. The third kappa shape index (κ3) is 1.79. The van der Waals surface area contributed by atoms with Crippen molar-refractivity contribution in [1.29, 1.82) is 0 Å². The molecule has 1 N–H and O–H groups in total. The van der Waals surface area contributed by atoms with Crippen LogP contribution in [0.25, 0.3) is 0 Å². The minimum Gasteiger partial charge on any atom is -0.507 e. The fourth-order valence-corrected chi connectivity index (χ4v) is 1.70. The van der Waals surface area contributed by atoms with Crippen LogP contribution in [0.1, 0.15) is 35.2 Å². The summed E-state index contributed by atoms with van der Waals surface area (Å²) in [5, 5.41) is 9.57. The molecule has 0 aliphatic heterocycles. The molecular weight excluding hydrogens is 176 g/mol. The first kappa shape index (κ1) is 9.25. The molecule has 0 spiro atoms. The SMILES string of the molecule is Cc1cccc(O)c1C(=O)CC1CC1. The predicted octanol–water partition coefficient (Wildman–Crippen LogP) is 2.68. The number of aryl methyl sites for hydroxylation is 1. The Morgan fingerprint density at radius 1 is 1.50 bits per heavy atom. The van der Waals surface area contributed by atoms with Gasteiger partial charge in [0.1, 0.15) is 5.75 Å². The van der Waals surface area contributed by atoms with Crippen LogP contribution in [0.3, 0.4) is 0 Å². The molecule has 1 aromatic rings. The smallest absolute Gasteiger partial charge is 0.167 e. The van der Waals surface area contributed by atoms with Gasteiger partial charge in [-0.05, 0) is 37.3 Å². The second kappa shape index (κ2) is 3.45. The number of carbonyl (C=O) groups excluding carboxylic acids is 1. The summed E-state index contributed by atoms with van der Waals surface area (Å²) < 4.78 is 0. The van der Waals surface area contributed by atoms with E-state index in [4.69, 9.17) is 0 Å². The highest BCUT2D eigenvalue weighted by Crippen LogP contribution is 2.35. The summed E-state index contributed by atoms with van der Waals surface area (Å²) >= 11 is 0. The van der Waals surface area contributed by atoms with E-state index in [9.17, 15) is 9.90 Å². The highest BCUT2D eigenvalue weighted by atomic mass is 16.3. The molecule has 1 aliphatic carbocycles. The number of Topliss-reactive ketones (excluding diaryl/α,β-unsaturated/α-hetero) is 1. The Kier molecular flexibility index (Phi) is 2.28. The van der Waals surface area contributed by atoms with Gasteiger partial charge in [0.2, 0.25) is 0 Å². The van der Waals surface area contributed by atoms with Crippen molar-refractivity contribution in [3.8, 4) is 5.75 Å². The van der Waals surface area contributed by atoms with E-state index in [0.29, 0.717) is 17.9 Å². The van der Waals surface area contributed by atoms with Crippen LogP contribution in [0.4, 0.5) is 0 Å². The number of carbonyl (C=O) groups is 1. The van der Waals surface area contributed by atoms with E-state index in [1.54, 1.807) is 12.1 Å². The topological polar surface area (TPSA) is 37.3 Å². The number of rotatable bonds is 3. The number of hydrogen-bond donors (Lipinski definition) is 1. The first-order valence-electron chi connectivity index (χ1n) is 5.00. The molecule has 14 heavy (non-hydrogen) atoms. The van der Waals surface area contributed by atoms with Crippen LogP contribution in [-0.2, 0) is 0 Å². The highest BCUT2D eigenvalue weighted by molar-refractivity contribution is 6.00. The molecule has 1 aromatic carbocycles. The molecule has 0 bridgehead atoms. The quantitative estimate of drug-likeness (QED) is 0.744. The van der Waals surface area contributed by atoms with E-state index in [1.165, 1.54) is 12.8 Å². The van der Waals surface area contributed by atoms with Gasteiger partial charge in [-0.15, -0.1) is 0 Å². The first-order chi connectivity index (χ1) is 6.68. The molecule has 1 aliphatic rings. The molecule has 0 unspecified atom stereocenters. The zero-order chi connectivity index (χ0) is 10.1. The van der Waals surface area contributed by atoms with Gasteiger partial charge in [-0.1, -0.05) is 12.1 Å². The van der Waals surface area contributed by atoms with Crippen LogP contribution in [-0.4, -0.2) is 10.9 Å². The summed E-state index contributed by atoms with van der Waals surface area (Å²) in [6, 6.07) is 5.20. The Morgan fingerprint density at radius 3 is 2.79 bits per heavy atom. The molecule has 0 radical (unpaired) electrons. The van der Waals surface area contributed by atoms with Crippen LogP contribution in [0, 0.1) is 12.8 Å². The monoisotopic (exact) mass is 190 g/mol. The third-order valence-electron chi connectivity index (χ3n) is 2.70. The lowest BCUT2D eigenvalue weighted by Gasteiger charge is -2.06. The largest absolute Gasteiger partial charge is 0.507 e. The molecule has 1 saturated carbocycles. The number of ketones is 1. The van der Waals surface area contributed by atoms with E-state index in [1.807, 2.05) is 13.0 Å². The molecule has 2 nitrogen and oxygen atoms in total. The van der Waals surface area contributed by atoms with Crippen molar-refractivity contribution in [3.63, 3.8) is 0 Å². The van der Waals surface area contributed by atoms with E-state index in [0.717, 1.165) is 5.56 Å². The summed E-state index contributed by atoms with van der Waals surface area (Å²) in [4.78, 5) is 11.8. The maximum Gasteiger partial charge on any atom is 0.167 e. The molecule has 2 rings (SSSR count). The number of aromatic hydroxyl groups is 1. The predicted molar refractivity (Wildman–Crippen MR) is 54.5 cm³/mol. The van der Waals surface area contributed by atoms with Crippen molar-refractivity contribution in [2.45, 2.75) is 26.2 Å². The second-order valence-corrected chi connectivity index (χ2v) is 4.04. The van der Waals surface area contributed by atoms with Crippen molar-refractivity contribution in [3.05, 3.63) is 29.3 Å². The fourth-order valence-electron chi connectivity index (χ4n) is 1.70. The average Bonchev–Trinajstić information content (AvgIpc) is 2.87. The molecule has 1 fully saturated rings. The van der Waals surface area contributed by atoms with Crippen molar-refractivity contribution in [1.82, 2.24) is 0 Å². The van der Waals surface area contributed by atoms with Gasteiger partial charge >= 0.3 is 0 Å². The molecule has 0 saturated heterocycles. The van der Waals surface area contributed by atoms with Crippen LogP contribution >= 0.6 is 0 Å². The van der Waals surface area contributed by atoms with Crippen molar-refractivity contribution in [2.24, 2.45) is 5.92 Å². The molecule has 0 atom stereocenters. The lowest BCUT2D eigenvalue weighted by molar-refractivity contribution is 0.0973. The van der Waals surface area contributed by atoms with Gasteiger partial charge in [-0.2, -0.15) is 0 Å². The Morgan fingerprint density at radius 2 is 2.21 bits per heavy atom. The van der Waals surface area contributed by atoms with E-state index >= 15 is 0 Å². The maximum absolute atomic E-state index is 11.8. The normalized spacial score (nSPS) is 15.5. The Hall–Kier alpha value is -1.31. The van der Waals surface area contributed by atoms with Gasteiger partial charge in [0.05, 0.1) is 5.56 Å². The van der Waals surface area contributed by atoms with E-state index in [2.05, 4.69) is 0 Å². The van der Waals surface area contributed by atoms with Crippen LogP contribution in [0.5, 0.6) is 5.75 Å². The fraction of sp³-hybridized carbons (Fsp3) is 0.417. The first-order valence-corrected chi connectivity index (χ1v) is 5.00. The Labute approximate surface area is 83.6 Å². The van der Waals surface area contributed by atoms with E-state index in [-0.39, 0.29) is 11.5 Å².